The van der Waals surface area contributed by atoms with Gasteiger partial charge >= 0.3 is 0 Å². The Kier molecular flexibility index (Phi) is 2.06. The number of hydrogen-bond acceptors (Lipinski definition) is 4. The first kappa shape index (κ1) is 8.55. The molecule has 2 aromatic heterocycles. The summed E-state index contributed by atoms with van der Waals surface area (Å²) in [7, 11) is 0. The van der Waals surface area contributed by atoms with Gasteiger partial charge in [0.15, 0.2) is 0 Å². The Labute approximate surface area is 81.4 Å². The molecule has 0 fully saturated rings. The first-order chi connectivity index (χ1) is 6.75. The lowest BCUT2D eigenvalue weighted by molar-refractivity contribution is 1.05. The molecule has 0 aliphatic rings. The lowest BCUT2D eigenvalue weighted by atomic mass is 10.4. The average Bonchev–Trinajstić information content (AvgIpc) is 2.52. The molecular weight excluding hydrogens is 178 g/mol. The highest BCUT2D eigenvalue weighted by molar-refractivity contribution is 5.58. The minimum Gasteiger partial charge on any atom is -0.384 e. The largest absolute Gasteiger partial charge is 0.384 e. The minimum absolute atomic E-state index is 0.496. The summed E-state index contributed by atoms with van der Waals surface area (Å²) in [5, 5.41) is 9.83. The minimum atomic E-state index is 0.496. The molecule has 0 aromatic carbocycles. The molecule has 0 aliphatic carbocycles. The molecule has 14 heavy (non-hydrogen) atoms. The van der Waals surface area contributed by atoms with Gasteiger partial charge in [-0.1, -0.05) is 6.07 Å². The number of aromatic nitrogens is 3. The molecule has 0 atom stereocenters. The Morgan fingerprint density at radius 1 is 1.43 bits per heavy atom. The first-order valence-corrected chi connectivity index (χ1v) is 4.25. The maximum atomic E-state index is 5.55. The Morgan fingerprint density at radius 2 is 2.29 bits per heavy atom. The zero-order valence-corrected chi connectivity index (χ0v) is 7.78. The molecule has 5 heteroatoms. The van der Waals surface area contributed by atoms with Crippen LogP contribution in [0.15, 0.2) is 24.4 Å². The number of hydrogen-bond donors (Lipinski definition) is 3. The Balaban J connectivity index is 2.23. The van der Waals surface area contributed by atoms with Crippen molar-refractivity contribution in [3.63, 3.8) is 0 Å². The van der Waals surface area contributed by atoms with E-state index >= 15 is 0 Å². The third kappa shape index (κ3) is 1.66. The van der Waals surface area contributed by atoms with Crippen molar-refractivity contribution in [3.05, 3.63) is 30.1 Å². The van der Waals surface area contributed by atoms with Crippen molar-refractivity contribution < 1.29 is 0 Å². The Hall–Kier alpha value is -2.04. The van der Waals surface area contributed by atoms with Crippen LogP contribution in [0.3, 0.4) is 0 Å². The number of pyridine rings is 1. The van der Waals surface area contributed by atoms with E-state index in [4.69, 9.17) is 5.73 Å². The molecule has 4 N–H and O–H groups in total. The van der Waals surface area contributed by atoms with Crippen LogP contribution in [0.1, 0.15) is 5.69 Å². The predicted molar refractivity (Wildman–Crippen MR) is 55.3 cm³/mol. The van der Waals surface area contributed by atoms with Gasteiger partial charge in [0.25, 0.3) is 0 Å². The van der Waals surface area contributed by atoms with Crippen LogP contribution in [0.25, 0.3) is 0 Å². The fourth-order valence-corrected chi connectivity index (χ4v) is 1.14. The molecular formula is C9H11N5. The third-order valence-corrected chi connectivity index (χ3v) is 1.86. The fourth-order valence-electron chi connectivity index (χ4n) is 1.14. The molecule has 0 unspecified atom stereocenters. The molecule has 0 spiro atoms. The number of nitrogen functional groups attached to an aromatic ring is 1. The molecule has 0 radical (unpaired) electrons. The van der Waals surface area contributed by atoms with E-state index in [2.05, 4.69) is 20.5 Å². The molecule has 0 aliphatic heterocycles. The molecule has 2 aromatic rings. The molecule has 5 nitrogen and oxygen atoms in total. The summed E-state index contributed by atoms with van der Waals surface area (Å²) in [6, 6.07) is 5.44. The molecule has 0 amide bonds. The van der Waals surface area contributed by atoms with Crippen molar-refractivity contribution in [1.82, 2.24) is 15.2 Å². The van der Waals surface area contributed by atoms with E-state index in [1.54, 1.807) is 12.3 Å². The molecule has 2 heterocycles. The second-order valence-electron chi connectivity index (χ2n) is 2.98. The predicted octanol–water partition coefficient (Wildman–Crippen LogP) is 1.44. The highest BCUT2D eigenvalue weighted by atomic mass is 15.1. The van der Waals surface area contributed by atoms with Gasteiger partial charge in [-0.25, -0.2) is 4.98 Å². The second-order valence-corrected chi connectivity index (χ2v) is 2.98. The summed E-state index contributed by atoms with van der Waals surface area (Å²) < 4.78 is 0. The van der Waals surface area contributed by atoms with Gasteiger partial charge in [-0.15, -0.1) is 0 Å². The molecule has 0 saturated carbocycles. The van der Waals surface area contributed by atoms with Gasteiger partial charge in [0.1, 0.15) is 11.6 Å². The van der Waals surface area contributed by atoms with Crippen LogP contribution in [0, 0.1) is 6.92 Å². The summed E-state index contributed by atoms with van der Waals surface area (Å²) in [6.45, 7) is 1.93. The maximum Gasteiger partial charge on any atom is 0.132 e. The number of aromatic amines is 1. The normalized spacial score (nSPS) is 10.1. The summed E-state index contributed by atoms with van der Waals surface area (Å²) in [6.07, 6.45) is 1.71. The summed E-state index contributed by atoms with van der Waals surface area (Å²) >= 11 is 0. The number of nitrogens with zero attached hydrogens (tertiary/aromatic N) is 2. The van der Waals surface area contributed by atoms with Crippen LogP contribution in [-0.4, -0.2) is 15.2 Å². The van der Waals surface area contributed by atoms with E-state index in [0.29, 0.717) is 5.82 Å². The molecule has 0 bridgehead atoms. The smallest absolute Gasteiger partial charge is 0.132 e. The van der Waals surface area contributed by atoms with Gasteiger partial charge < -0.3 is 11.1 Å². The van der Waals surface area contributed by atoms with Gasteiger partial charge in [0.2, 0.25) is 0 Å². The standard InChI is InChI=1S/C9H11N5/c1-6-7(5-11-14-6)12-9-4-2-3-8(10)13-9/h2-5H,1H3,(H,11,14)(H3,10,12,13). The fraction of sp³-hybridized carbons (Fsp3) is 0.111. The number of aryl methyl sites for hydroxylation is 1. The van der Waals surface area contributed by atoms with Crippen molar-refractivity contribution in [2.45, 2.75) is 6.92 Å². The highest BCUT2D eigenvalue weighted by Crippen LogP contribution is 2.16. The van der Waals surface area contributed by atoms with Gasteiger partial charge in [0.05, 0.1) is 17.6 Å². The average molecular weight is 189 g/mol. The van der Waals surface area contributed by atoms with E-state index in [-0.39, 0.29) is 0 Å². The maximum absolute atomic E-state index is 5.55. The zero-order chi connectivity index (χ0) is 9.97. The van der Waals surface area contributed by atoms with Crippen molar-refractivity contribution >= 4 is 17.3 Å². The monoisotopic (exact) mass is 189 g/mol. The second kappa shape index (κ2) is 3.37. The number of rotatable bonds is 2. The Bertz CT molecular complexity index is 434. The number of nitrogens with one attached hydrogen (secondary N) is 2. The topological polar surface area (TPSA) is 79.6 Å². The lowest BCUT2D eigenvalue weighted by Gasteiger charge is -2.03. The molecule has 2 rings (SSSR count). The summed E-state index contributed by atoms with van der Waals surface area (Å²) in [5.41, 5.74) is 7.42. The van der Waals surface area contributed by atoms with Crippen molar-refractivity contribution in [2.75, 3.05) is 11.1 Å². The number of H-pyrrole nitrogens is 1. The van der Waals surface area contributed by atoms with E-state index in [9.17, 15) is 0 Å². The zero-order valence-electron chi connectivity index (χ0n) is 7.78. The van der Waals surface area contributed by atoms with E-state index in [1.807, 2.05) is 19.1 Å². The molecule has 0 saturated heterocycles. The van der Waals surface area contributed by atoms with Gasteiger partial charge in [-0.2, -0.15) is 5.10 Å². The van der Waals surface area contributed by atoms with E-state index < -0.39 is 0 Å². The molecule has 72 valence electrons. The third-order valence-electron chi connectivity index (χ3n) is 1.86. The summed E-state index contributed by atoms with van der Waals surface area (Å²) in [4.78, 5) is 4.11. The van der Waals surface area contributed by atoms with Crippen LogP contribution in [0.5, 0.6) is 0 Å². The van der Waals surface area contributed by atoms with Gasteiger partial charge in [-0.05, 0) is 19.1 Å². The number of nitrogens with two attached hydrogens (primary N) is 1. The van der Waals surface area contributed by atoms with Gasteiger partial charge in [0, 0.05) is 0 Å². The highest BCUT2D eigenvalue weighted by Gasteiger charge is 2.00. The van der Waals surface area contributed by atoms with E-state index in [0.717, 1.165) is 17.2 Å². The lowest BCUT2D eigenvalue weighted by Crippen LogP contribution is -1.96. The van der Waals surface area contributed by atoms with Crippen LogP contribution < -0.4 is 11.1 Å². The Morgan fingerprint density at radius 3 is 2.93 bits per heavy atom. The summed E-state index contributed by atoms with van der Waals surface area (Å²) in [5.74, 6) is 1.21. The van der Waals surface area contributed by atoms with Crippen molar-refractivity contribution in [3.8, 4) is 0 Å². The van der Waals surface area contributed by atoms with E-state index in [1.165, 1.54) is 0 Å². The van der Waals surface area contributed by atoms with Crippen molar-refractivity contribution in [1.29, 1.82) is 0 Å². The van der Waals surface area contributed by atoms with Crippen LogP contribution in [-0.2, 0) is 0 Å². The van der Waals surface area contributed by atoms with Crippen LogP contribution >= 0.6 is 0 Å². The first-order valence-electron chi connectivity index (χ1n) is 4.25. The number of anilines is 3. The quantitative estimate of drug-likeness (QED) is 0.667. The SMILES string of the molecule is Cc1[nH]ncc1Nc1cccc(N)n1. The van der Waals surface area contributed by atoms with Crippen LogP contribution in [0.4, 0.5) is 17.3 Å². The van der Waals surface area contributed by atoms with Gasteiger partial charge in [-0.3, -0.25) is 5.10 Å². The van der Waals surface area contributed by atoms with Crippen LogP contribution in [0.2, 0.25) is 0 Å². The van der Waals surface area contributed by atoms with Crippen molar-refractivity contribution in [2.24, 2.45) is 0 Å².